The van der Waals surface area contributed by atoms with E-state index in [1.807, 2.05) is 32.0 Å². The monoisotopic (exact) mass is 385 g/mol. The zero-order valence-corrected chi connectivity index (χ0v) is 16.9. The zero-order chi connectivity index (χ0) is 20.3. The quantitative estimate of drug-likeness (QED) is 0.817. The van der Waals surface area contributed by atoms with E-state index in [-0.39, 0.29) is 11.9 Å². The molecule has 2 aromatic rings. The smallest absolute Gasteiger partial charge is 0.261 e. The van der Waals surface area contributed by atoms with Crippen LogP contribution in [0.2, 0.25) is 0 Å². The lowest BCUT2D eigenvalue weighted by Crippen LogP contribution is -2.44. The van der Waals surface area contributed by atoms with Crippen molar-refractivity contribution in [1.29, 1.82) is 0 Å². The van der Waals surface area contributed by atoms with Crippen molar-refractivity contribution < 1.29 is 23.7 Å². The highest BCUT2D eigenvalue weighted by molar-refractivity contribution is 5.81. The molecule has 0 spiro atoms. The van der Waals surface area contributed by atoms with Crippen molar-refractivity contribution in [3.05, 3.63) is 48.0 Å². The molecular weight excluding hydrogens is 358 g/mol. The van der Waals surface area contributed by atoms with Gasteiger partial charge in [-0.25, -0.2) is 0 Å². The lowest BCUT2D eigenvalue weighted by atomic mass is 9.89. The molecule has 28 heavy (non-hydrogen) atoms. The van der Waals surface area contributed by atoms with E-state index >= 15 is 0 Å². The molecule has 0 radical (unpaired) electrons. The van der Waals surface area contributed by atoms with Gasteiger partial charge in [-0.15, -0.1) is 0 Å². The summed E-state index contributed by atoms with van der Waals surface area (Å²) in [6.07, 6.45) is 0.0221. The van der Waals surface area contributed by atoms with Gasteiger partial charge in [-0.3, -0.25) is 4.79 Å². The van der Waals surface area contributed by atoms with Crippen molar-refractivity contribution in [2.75, 3.05) is 14.2 Å². The number of carbonyl (C=O) groups excluding carboxylic acids is 1. The molecule has 0 aromatic heterocycles. The third-order valence-electron chi connectivity index (χ3n) is 4.74. The van der Waals surface area contributed by atoms with E-state index in [4.69, 9.17) is 18.9 Å². The minimum Gasteiger partial charge on any atom is -0.497 e. The highest BCUT2D eigenvalue weighted by Crippen LogP contribution is 2.41. The summed E-state index contributed by atoms with van der Waals surface area (Å²) in [5, 5.41) is 3.10. The number of rotatable bonds is 6. The Balaban J connectivity index is 1.72. The fraction of sp³-hybridized carbons (Fsp3) is 0.409. The summed E-state index contributed by atoms with van der Waals surface area (Å²) in [5.41, 5.74) is 0.530. The summed E-state index contributed by atoms with van der Waals surface area (Å²) in [6, 6.07) is 12.6. The molecule has 1 amide bonds. The number of carbonyl (C=O) groups is 1. The molecule has 0 saturated heterocycles. The van der Waals surface area contributed by atoms with Crippen molar-refractivity contribution in [2.24, 2.45) is 0 Å². The van der Waals surface area contributed by atoms with Crippen LogP contribution in [0.3, 0.4) is 0 Å². The summed E-state index contributed by atoms with van der Waals surface area (Å²) in [7, 11) is 3.22. The molecule has 0 unspecified atom stereocenters. The van der Waals surface area contributed by atoms with Crippen molar-refractivity contribution in [1.82, 2.24) is 5.32 Å². The van der Waals surface area contributed by atoms with Gasteiger partial charge in [0.15, 0.2) is 6.10 Å². The number of fused-ring (bicyclic) bond motifs is 1. The molecule has 1 aliphatic rings. The van der Waals surface area contributed by atoms with Crippen molar-refractivity contribution in [3.8, 4) is 23.0 Å². The highest BCUT2D eigenvalue weighted by Gasteiger charge is 2.35. The number of nitrogens with one attached hydrogen (secondary N) is 1. The van der Waals surface area contributed by atoms with Gasteiger partial charge in [0.05, 0.1) is 20.3 Å². The van der Waals surface area contributed by atoms with Crippen LogP contribution in [0.4, 0.5) is 0 Å². The predicted molar refractivity (Wildman–Crippen MR) is 106 cm³/mol. The van der Waals surface area contributed by atoms with Gasteiger partial charge in [0.2, 0.25) is 0 Å². The number of hydrogen-bond acceptors (Lipinski definition) is 5. The van der Waals surface area contributed by atoms with E-state index in [1.165, 1.54) is 0 Å². The van der Waals surface area contributed by atoms with E-state index in [0.29, 0.717) is 12.2 Å². The second-order valence-corrected chi connectivity index (χ2v) is 7.47. The molecule has 0 saturated carbocycles. The van der Waals surface area contributed by atoms with Crippen molar-refractivity contribution in [3.63, 3.8) is 0 Å². The van der Waals surface area contributed by atoms with E-state index in [0.717, 1.165) is 22.8 Å². The Kier molecular flexibility index (Phi) is 5.68. The van der Waals surface area contributed by atoms with Gasteiger partial charge >= 0.3 is 0 Å². The number of ether oxygens (including phenoxy) is 4. The average Bonchev–Trinajstić information content (AvgIpc) is 2.67. The summed E-state index contributed by atoms with van der Waals surface area (Å²) in [4.78, 5) is 12.8. The van der Waals surface area contributed by atoms with Gasteiger partial charge in [0.25, 0.3) is 5.91 Å². The summed E-state index contributed by atoms with van der Waals surface area (Å²) in [5.74, 6) is 2.62. The third-order valence-corrected chi connectivity index (χ3v) is 4.74. The van der Waals surface area contributed by atoms with Crippen molar-refractivity contribution in [2.45, 2.75) is 44.9 Å². The molecule has 0 fully saturated rings. The summed E-state index contributed by atoms with van der Waals surface area (Å²) in [6.45, 7) is 5.75. The van der Waals surface area contributed by atoms with Gasteiger partial charge in [-0.05, 0) is 57.2 Å². The molecule has 2 aromatic carbocycles. The van der Waals surface area contributed by atoms with E-state index in [2.05, 4.69) is 5.32 Å². The van der Waals surface area contributed by atoms with Gasteiger partial charge in [0.1, 0.15) is 28.6 Å². The van der Waals surface area contributed by atoms with Crippen LogP contribution < -0.4 is 24.3 Å². The van der Waals surface area contributed by atoms with E-state index < -0.39 is 11.7 Å². The first-order chi connectivity index (χ1) is 13.3. The standard InChI is InChI=1S/C22H27NO5/c1-14(27-16-8-6-15(25-4)7-9-16)21(24)23-19-13-22(2,3)28-20-12-17(26-5)10-11-18(19)20/h6-12,14,19H,13H2,1-5H3,(H,23,24)/t14-,19-/m1/s1. The van der Waals surface area contributed by atoms with Gasteiger partial charge in [-0.1, -0.05) is 0 Å². The molecule has 3 rings (SSSR count). The molecule has 1 N–H and O–H groups in total. The number of methoxy groups -OCH3 is 2. The number of hydrogen-bond donors (Lipinski definition) is 1. The topological polar surface area (TPSA) is 66.0 Å². The van der Waals surface area contributed by atoms with Crippen LogP contribution in [-0.2, 0) is 4.79 Å². The zero-order valence-electron chi connectivity index (χ0n) is 16.9. The average molecular weight is 385 g/mol. The first-order valence-corrected chi connectivity index (χ1v) is 9.29. The minimum absolute atomic E-state index is 0.168. The normalized spacial score (nSPS) is 18.2. The van der Waals surface area contributed by atoms with Gasteiger partial charge in [-0.2, -0.15) is 0 Å². The van der Waals surface area contributed by atoms with Gasteiger partial charge < -0.3 is 24.3 Å². The molecule has 1 aliphatic heterocycles. The lowest BCUT2D eigenvalue weighted by Gasteiger charge is -2.38. The first kappa shape index (κ1) is 19.9. The minimum atomic E-state index is -0.638. The predicted octanol–water partition coefficient (Wildman–Crippen LogP) is 3.89. The summed E-state index contributed by atoms with van der Waals surface area (Å²) >= 11 is 0. The maximum atomic E-state index is 12.8. The fourth-order valence-electron chi connectivity index (χ4n) is 3.29. The SMILES string of the molecule is COc1ccc(O[C@H](C)C(=O)N[C@@H]2CC(C)(C)Oc3cc(OC)ccc32)cc1. The Morgan fingerprint density at radius 2 is 1.68 bits per heavy atom. The first-order valence-electron chi connectivity index (χ1n) is 9.29. The summed E-state index contributed by atoms with van der Waals surface area (Å²) < 4.78 is 22.3. The van der Waals surface area contributed by atoms with Crippen LogP contribution >= 0.6 is 0 Å². The Hall–Kier alpha value is -2.89. The van der Waals surface area contributed by atoms with Crippen LogP contribution in [0.5, 0.6) is 23.0 Å². The molecular formula is C22H27NO5. The van der Waals surface area contributed by atoms with Crippen LogP contribution in [0.15, 0.2) is 42.5 Å². The molecule has 1 heterocycles. The molecule has 0 bridgehead atoms. The maximum absolute atomic E-state index is 12.8. The van der Waals surface area contributed by atoms with Crippen LogP contribution in [0, 0.1) is 0 Å². The molecule has 6 nitrogen and oxygen atoms in total. The van der Waals surface area contributed by atoms with Crippen LogP contribution in [0.25, 0.3) is 0 Å². The largest absolute Gasteiger partial charge is 0.497 e. The van der Waals surface area contributed by atoms with Gasteiger partial charge in [0, 0.05) is 18.1 Å². The number of amides is 1. The molecule has 0 aliphatic carbocycles. The van der Waals surface area contributed by atoms with Crippen LogP contribution in [-0.4, -0.2) is 31.8 Å². The molecule has 150 valence electrons. The lowest BCUT2D eigenvalue weighted by molar-refractivity contribution is -0.128. The molecule has 2 atom stereocenters. The van der Waals surface area contributed by atoms with E-state index in [1.54, 1.807) is 45.4 Å². The maximum Gasteiger partial charge on any atom is 0.261 e. The van der Waals surface area contributed by atoms with E-state index in [9.17, 15) is 4.79 Å². The second kappa shape index (κ2) is 8.00. The highest BCUT2D eigenvalue weighted by atomic mass is 16.5. The number of benzene rings is 2. The van der Waals surface area contributed by atoms with Crippen LogP contribution in [0.1, 0.15) is 38.8 Å². The fourth-order valence-corrected chi connectivity index (χ4v) is 3.29. The second-order valence-electron chi connectivity index (χ2n) is 7.47. The van der Waals surface area contributed by atoms with Crippen molar-refractivity contribution >= 4 is 5.91 Å². The Morgan fingerprint density at radius 3 is 2.32 bits per heavy atom. The third kappa shape index (κ3) is 4.50. The Bertz CT molecular complexity index is 831. The Labute approximate surface area is 165 Å². The molecule has 6 heteroatoms. The Morgan fingerprint density at radius 1 is 1.07 bits per heavy atom.